The Bertz CT molecular complexity index is 1160. The molecule has 0 saturated heterocycles. The summed E-state index contributed by atoms with van der Waals surface area (Å²) < 4.78 is 1.99. The molecule has 6 nitrogen and oxygen atoms in total. The monoisotopic (exact) mass is 460 g/mol. The first-order chi connectivity index (χ1) is 14.6. The number of rotatable bonds is 5. The molecule has 0 unspecified atom stereocenters. The van der Waals surface area contributed by atoms with Crippen LogP contribution >= 0.6 is 34.4 Å². The van der Waals surface area contributed by atoms with Crippen molar-refractivity contribution in [3.05, 3.63) is 31.9 Å². The number of nitrogens with zero attached hydrogens (tertiary/aromatic N) is 3. The predicted octanol–water partition coefficient (Wildman–Crippen LogP) is 5.16. The summed E-state index contributed by atoms with van der Waals surface area (Å²) in [6.07, 6.45) is 8.91. The third-order valence-corrected chi connectivity index (χ3v) is 8.84. The van der Waals surface area contributed by atoms with Crippen molar-refractivity contribution in [2.75, 3.05) is 5.32 Å². The van der Waals surface area contributed by atoms with Crippen LogP contribution in [0, 0.1) is 0 Å². The number of anilines is 1. The first-order valence-corrected chi connectivity index (χ1v) is 13.2. The molecule has 2 aliphatic rings. The summed E-state index contributed by atoms with van der Waals surface area (Å²) in [6.45, 7) is 1.48. The van der Waals surface area contributed by atoms with Crippen LogP contribution in [0.4, 0.5) is 5.13 Å². The second-order valence-electron chi connectivity index (χ2n) is 8.01. The molecule has 0 bridgehead atoms. The van der Waals surface area contributed by atoms with Gasteiger partial charge in [0.15, 0.2) is 10.3 Å². The lowest BCUT2D eigenvalue weighted by atomic mass is 9.97. The molecule has 2 aliphatic carbocycles. The van der Waals surface area contributed by atoms with Crippen molar-refractivity contribution in [3.8, 4) is 0 Å². The molecule has 0 aromatic carbocycles. The number of nitrogens with one attached hydrogen (secondary N) is 1. The van der Waals surface area contributed by atoms with Gasteiger partial charge in [0, 0.05) is 29.0 Å². The Hall–Kier alpha value is -1.71. The summed E-state index contributed by atoms with van der Waals surface area (Å²) in [4.78, 5) is 36.7. The molecule has 1 saturated carbocycles. The molecule has 0 spiro atoms. The molecular weight excluding hydrogens is 436 g/mol. The van der Waals surface area contributed by atoms with Crippen LogP contribution < -0.4 is 10.9 Å². The van der Waals surface area contributed by atoms with Crippen LogP contribution in [0.2, 0.25) is 0 Å². The highest BCUT2D eigenvalue weighted by atomic mass is 32.2. The summed E-state index contributed by atoms with van der Waals surface area (Å²) in [5.41, 5.74) is 2.32. The summed E-state index contributed by atoms with van der Waals surface area (Å²) in [5, 5.41) is 6.99. The van der Waals surface area contributed by atoms with Crippen LogP contribution in [0.25, 0.3) is 10.2 Å². The fourth-order valence-electron chi connectivity index (χ4n) is 4.50. The number of carbonyl (C=O) groups excluding carboxylic acids is 1. The van der Waals surface area contributed by atoms with Gasteiger partial charge in [-0.15, -0.1) is 22.7 Å². The van der Waals surface area contributed by atoms with Crippen LogP contribution in [0.5, 0.6) is 0 Å². The molecule has 3 aromatic rings. The Labute approximate surface area is 187 Å². The van der Waals surface area contributed by atoms with Gasteiger partial charge in [-0.2, -0.15) is 0 Å². The SMILES string of the molecule is CC(=O)Nc1nc(CSc2nc3sc4c(c3c(=O)n2C2CCCC2)CCCC4)cs1. The maximum Gasteiger partial charge on any atom is 0.263 e. The Morgan fingerprint density at radius 1 is 1.23 bits per heavy atom. The summed E-state index contributed by atoms with van der Waals surface area (Å²) in [5.74, 6) is 0.513. The first-order valence-electron chi connectivity index (χ1n) is 10.5. The molecule has 0 aliphatic heterocycles. The topological polar surface area (TPSA) is 76.9 Å². The number of hydrogen-bond donors (Lipinski definition) is 1. The fraction of sp³-hybridized carbons (Fsp3) is 0.524. The van der Waals surface area contributed by atoms with Crippen molar-refractivity contribution in [1.29, 1.82) is 0 Å². The standard InChI is InChI=1S/C21H24N4O2S3/c1-12(26)22-20-23-13(10-28-20)11-29-21-24-18-17(15-8-4-5-9-16(15)30-18)19(27)25(21)14-6-2-3-7-14/h10,14H,2-9,11H2,1H3,(H,22,23,26). The lowest BCUT2D eigenvalue weighted by Gasteiger charge is -2.18. The fourth-order valence-corrected chi connectivity index (χ4v) is 7.63. The van der Waals surface area contributed by atoms with Crippen molar-refractivity contribution in [2.24, 2.45) is 0 Å². The minimum atomic E-state index is -0.118. The van der Waals surface area contributed by atoms with E-state index in [0.717, 1.165) is 46.8 Å². The molecule has 0 radical (unpaired) electrons. The number of aromatic nitrogens is 3. The molecule has 9 heteroatoms. The minimum Gasteiger partial charge on any atom is -0.302 e. The molecule has 158 valence electrons. The zero-order valence-electron chi connectivity index (χ0n) is 16.9. The van der Waals surface area contributed by atoms with Gasteiger partial charge in [-0.1, -0.05) is 24.6 Å². The quantitative estimate of drug-likeness (QED) is 0.420. The van der Waals surface area contributed by atoms with E-state index in [1.165, 1.54) is 54.4 Å². The number of thioether (sulfide) groups is 1. The summed E-state index contributed by atoms with van der Waals surface area (Å²) in [7, 11) is 0. The van der Waals surface area contributed by atoms with Gasteiger partial charge in [-0.3, -0.25) is 14.2 Å². The average Bonchev–Trinajstić information content (AvgIpc) is 3.45. The second-order valence-corrected chi connectivity index (χ2v) is 10.9. The van der Waals surface area contributed by atoms with E-state index in [2.05, 4.69) is 10.3 Å². The van der Waals surface area contributed by atoms with E-state index in [9.17, 15) is 9.59 Å². The van der Waals surface area contributed by atoms with E-state index in [1.54, 1.807) is 23.1 Å². The Balaban J connectivity index is 1.51. The maximum absolute atomic E-state index is 13.7. The normalized spacial score (nSPS) is 16.8. The average molecular weight is 461 g/mol. The van der Waals surface area contributed by atoms with Crippen molar-refractivity contribution in [1.82, 2.24) is 14.5 Å². The van der Waals surface area contributed by atoms with E-state index >= 15 is 0 Å². The summed E-state index contributed by atoms with van der Waals surface area (Å²) >= 11 is 4.72. The number of thiazole rings is 1. The highest BCUT2D eigenvalue weighted by Gasteiger charge is 2.27. The number of aryl methyl sites for hydroxylation is 2. The van der Waals surface area contributed by atoms with Gasteiger partial charge >= 0.3 is 0 Å². The van der Waals surface area contributed by atoms with Crippen molar-refractivity contribution in [2.45, 2.75) is 75.2 Å². The lowest BCUT2D eigenvalue weighted by molar-refractivity contribution is -0.114. The number of carbonyl (C=O) groups is 1. The molecule has 1 amide bonds. The molecule has 3 aromatic heterocycles. The smallest absolute Gasteiger partial charge is 0.263 e. The first kappa shape index (κ1) is 20.2. The van der Waals surface area contributed by atoms with Gasteiger partial charge < -0.3 is 5.32 Å². The number of fused-ring (bicyclic) bond motifs is 3. The maximum atomic E-state index is 13.7. The zero-order valence-corrected chi connectivity index (χ0v) is 19.4. The zero-order chi connectivity index (χ0) is 20.7. The third-order valence-electron chi connectivity index (χ3n) is 5.86. The van der Waals surface area contributed by atoms with E-state index in [-0.39, 0.29) is 17.5 Å². The van der Waals surface area contributed by atoms with E-state index in [0.29, 0.717) is 10.9 Å². The highest BCUT2D eigenvalue weighted by Crippen LogP contribution is 2.38. The number of thiophene rings is 1. The van der Waals surface area contributed by atoms with Crippen molar-refractivity contribution in [3.63, 3.8) is 0 Å². The molecular formula is C21H24N4O2S3. The van der Waals surface area contributed by atoms with Gasteiger partial charge in [0.05, 0.1) is 11.1 Å². The second kappa shape index (κ2) is 8.43. The highest BCUT2D eigenvalue weighted by molar-refractivity contribution is 7.98. The van der Waals surface area contributed by atoms with Gasteiger partial charge in [-0.25, -0.2) is 9.97 Å². The molecule has 1 N–H and O–H groups in total. The minimum absolute atomic E-state index is 0.118. The molecule has 3 heterocycles. The van der Waals surface area contributed by atoms with Crippen LogP contribution in [0.3, 0.4) is 0 Å². The van der Waals surface area contributed by atoms with Crippen LogP contribution in [-0.4, -0.2) is 20.4 Å². The largest absolute Gasteiger partial charge is 0.302 e. The van der Waals surface area contributed by atoms with E-state index in [1.807, 2.05) is 9.95 Å². The van der Waals surface area contributed by atoms with Crippen molar-refractivity contribution < 1.29 is 4.79 Å². The van der Waals surface area contributed by atoms with E-state index in [4.69, 9.17) is 4.98 Å². The third kappa shape index (κ3) is 3.83. The van der Waals surface area contributed by atoms with Crippen LogP contribution in [0.15, 0.2) is 15.3 Å². The van der Waals surface area contributed by atoms with E-state index < -0.39 is 0 Å². The van der Waals surface area contributed by atoms with Crippen molar-refractivity contribution >= 4 is 55.7 Å². The van der Waals surface area contributed by atoms with Gasteiger partial charge in [0.25, 0.3) is 5.56 Å². The Morgan fingerprint density at radius 2 is 2.03 bits per heavy atom. The van der Waals surface area contributed by atoms with Crippen LogP contribution in [0.1, 0.15) is 67.6 Å². The molecule has 5 rings (SSSR count). The molecule has 1 fully saturated rings. The lowest BCUT2D eigenvalue weighted by Crippen LogP contribution is -2.26. The molecule has 30 heavy (non-hydrogen) atoms. The Morgan fingerprint density at radius 3 is 2.83 bits per heavy atom. The van der Waals surface area contributed by atoms with Gasteiger partial charge in [-0.05, 0) is 44.1 Å². The van der Waals surface area contributed by atoms with Gasteiger partial charge in [0.1, 0.15) is 4.83 Å². The van der Waals surface area contributed by atoms with Gasteiger partial charge in [0.2, 0.25) is 5.91 Å². The number of hydrogen-bond acceptors (Lipinski definition) is 7. The number of amides is 1. The van der Waals surface area contributed by atoms with Crippen LogP contribution in [-0.2, 0) is 23.4 Å². The predicted molar refractivity (Wildman–Crippen MR) is 124 cm³/mol. The Kier molecular flexibility index (Phi) is 5.68. The summed E-state index contributed by atoms with van der Waals surface area (Å²) in [6, 6.07) is 0.251. The molecule has 0 atom stereocenters.